The lowest BCUT2D eigenvalue weighted by Gasteiger charge is -2.24. The molecule has 104 valence electrons. The molecule has 1 heterocycles. The fourth-order valence-electron chi connectivity index (χ4n) is 2.04. The lowest BCUT2D eigenvalue weighted by molar-refractivity contribution is 0.473. The molecule has 0 amide bonds. The third-order valence-corrected chi connectivity index (χ3v) is 3.90. The molecular weight excluding hydrogens is 290 g/mol. The summed E-state index contributed by atoms with van der Waals surface area (Å²) in [4.78, 5) is 6.75. The molecule has 3 N–H and O–H groups in total. The van der Waals surface area contributed by atoms with Gasteiger partial charge < -0.3 is 15.7 Å². The van der Waals surface area contributed by atoms with E-state index in [2.05, 4.69) is 4.98 Å². The van der Waals surface area contributed by atoms with Gasteiger partial charge in [-0.3, -0.25) is 4.98 Å². The standard InChI is InChI=1S/C14H15N3OS2/c1-17(2)14(20)10(13(15)19)9-6-5-8-4-3-7-16-11(8)12(9)18/h3-7,10,18H,1-2H3,(H2,15,19). The van der Waals surface area contributed by atoms with Crippen LogP contribution in [0.5, 0.6) is 5.75 Å². The van der Waals surface area contributed by atoms with Crippen molar-refractivity contribution in [2.45, 2.75) is 5.92 Å². The zero-order valence-electron chi connectivity index (χ0n) is 11.2. The Morgan fingerprint density at radius 2 is 2.00 bits per heavy atom. The predicted molar refractivity (Wildman–Crippen MR) is 89.2 cm³/mol. The number of nitrogens with two attached hydrogens (primary N) is 1. The molecule has 0 aliphatic rings. The van der Waals surface area contributed by atoms with Crippen LogP contribution in [-0.2, 0) is 0 Å². The van der Waals surface area contributed by atoms with Gasteiger partial charge in [0, 0.05) is 31.2 Å². The Bertz CT molecular complexity index is 685. The van der Waals surface area contributed by atoms with Crippen molar-refractivity contribution < 1.29 is 5.11 Å². The average molecular weight is 305 g/mol. The van der Waals surface area contributed by atoms with E-state index in [0.29, 0.717) is 16.1 Å². The molecule has 4 nitrogen and oxygen atoms in total. The second kappa shape index (κ2) is 5.68. The van der Waals surface area contributed by atoms with Gasteiger partial charge in [0.2, 0.25) is 0 Å². The van der Waals surface area contributed by atoms with E-state index in [1.807, 2.05) is 32.3 Å². The van der Waals surface area contributed by atoms with E-state index in [0.717, 1.165) is 5.39 Å². The van der Waals surface area contributed by atoms with E-state index in [-0.39, 0.29) is 10.7 Å². The Balaban J connectivity index is 2.63. The van der Waals surface area contributed by atoms with Crippen molar-refractivity contribution in [1.29, 1.82) is 0 Å². The predicted octanol–water partition coefficient (Wildman–Crippen LogP) is 2.20. The molecule has 0 aliphatic heterocycles. The highest BCUT2D eigenvalue weighted by atomic mass is 32.1. The van der Waals surface area contributed by atoms with Crippen LogP contribution in [0.1, 0.15) is 11.5 Å². The van der Waals surface area contributed by atoms with Gasteiger partial charge in [0.25, 0.3) is 0 Å². The van der Waals surface area contributed by atoms with Gasteiger partial charge in [-0.2, -0.15) is 0 Å². The summed E-state index contributed by atoms with van der Waals surface area (Å²) in [5.41, 5.74) is 6.91. The van der Waals surface area contributed by atoms with Crippen molar-refractivity contribution in [2.75, 3.05) is 14.1 Å². The maximum Gasteiger partial charge on any atom is 0.146 e. The van der Waals surface area contributed by atoms with E-state index < -0.39 is 5.92 Å². The van der Waals surface area contributed by atoms with Crippen LogP contribution >= 0.6 is 24.4 Å². The van der Waals surface area contributed by atoms with Crippen LogP contribution < -0.4 is 5.73 Å². The van der Waals surface area contributed by atoms with Crippen molar-refractivity contribution in [3.63, 3.8) is 0 Å². The van der Waals surface area contributed by atoms with E-state index >= 15 is 0 Å². The molecule has 6 heteroatoms. The quantitative estimate of drug-likeness (QED) is 0.848. The minimum absolute atomic E-state index is 0.0742. The Kier molecular flexibility index (Phi) is 4.15. The van der Waals surface area contributed by atoms with Gasteiger partial charge in [-0.15, -0.1) is 0 Å². The van der Waals surface area contributed by atoms with Crippen molar-refractivity contribution in [3.8, 4) is 5.75 Å². The monoisotopic (exact) mass is 305 g/mol. The second-order valence-electron chi connectivity index (χ2n) is 4.65. The number of rotatable bonds is 3. The highest BCUT2D eigenvalue weighted by molar-refractivity contribution is 7.82. The molecule has 0 saturated carbocycles. The summed E-state index contributed by atoms with van der Waals surface area (Å²) in [6.07, 6.45) is 1.63. The summed E-state index contributed by atoms with van der Waals surface area (Å²) in [7, 11) is 3.65. The maximum absolute atomic E-state index is 10.4. The van der Waals surface area contributed by atoms with Crippen molar-refractivity contribution >= 4 is 45.3 Å². The molecule has 1 aromatic carbocycles. The molecule has 1 atom stereocenters. The van der Waals surface area contributed by atoms with Crippen LogP contribution in [0.2, 0.25) is 0 Å². The van der Waals surface area contributed by atoms with Gasteiger partial charge in [-0.1, -0.05) is 42.6 Å². The zero-order chi connectivity index (χ0) is 14.9. The Labute approximate surface area is 128 Å². The van der Waals surface area contributed by atoms with Gasteiger partial charge in [0.05, 0.1) is 15.9 Å². The number of aromatic hydroxyl groups is 1. The van der Waals surface area contributed by atoms with Gasteiger partial charge >= 0.3 is 0 Å². The fourth-order valence-corrected chi connectivity index (χ4v) is 2.61. The number of fused-ring (bicyclic) bond motifs is 1. The highest BCUT2D eigenvalue weighted by Crippen LogP contribution is 2.33. The Morgan fingerprint density at radius 3 is 2.60 bits per heavy atom. The SMILES string of the molecule is CN(C)C(=S)C(C(N)=S)c1ccc2cccnc2c1O. The number of pyridine rings is 1. The average Bonchev–Trinajstić information content (AvgIpc) is 2.41. The summed E-state index contributed by atoms with van der Waals surface area (Å²) in [5, 5.41) is 11.3. The molecular formula is C14H15N3OS2. The third kappa shape index (κ3) is 2.57. The summed E-state index contributed by atoms with van der Waals surface area (Å²) < 4.78 is 0. The number of phenols is 1. The lowest BCUT2D eigenvalue weighted by Crippen LogP contribution is -2.34. The Morgan fingerprint density at radius 1 is 1.30 bits per heavy atom. The lowest BCUT2D eigenvalue weighted by atomic mass is 9.95. The number of benzene rings is 1. The number of hydrogen-bond acceptors (Lipinski definition) is 4. The molecule has 0 saturated heterocycles. The largest absolute Gasteiger partial charge is 0.505 e. The molecule has 20 heavy (non-hydrogen) atoms. The van der Waals surface area contributed by atoms with E-state index in [9.17, 15) is 5.11 Å². The topological polar surface area (TPSA) is 62.4 Å². The van der Waals surface area contributed by atoms with Crippen LogP contribution in [-0.4, -0.2) is 39.1 Å². The van der Waals surface area contributed by atoms with Crippen LogP contribution in [0.3, 0.4) is 0 Å². The second-order valence-corrected chi connectivity index (χ2v) is 5.54. The number of aromatic nitrogens is 1. The fraction of sp³-hybridized carbons (Fsp3) is 0.214. The molecule has 0 aliphatic carbocycles. The normalized spacial score (nSPS) is 12.1. The van der Waals surface area contributed by atoms with Crippen molar-refractivity contribution in [2.24, 2.45) is 5.73 Å². The van der Waals surface area contributed by atoms with Crippen LogP contribution in [0.25, 0.3) is 10.9 Å². The molecule has 2 rings (SSSR count). The van der Waals surface area contributed by atoms with Crippen LogP contribution in [0, 0.1) is 0 Å². The Hall–Kier alpha value is -1.79. The molecule has 1 unspecified atom stereocenters. The molecule has 0 spiro atoms. The minimum Gasteiger partial charge on any atom is -0.505 e. The van der Waals surface area contributed by atoms with Gasteiger partial charge in [-0.05, 0) is 6.07 Å². The van der Waals surface area contributed by atoms with E-state index in [4.69, 9.17) is 30.2 Å². The number of likely N-dealkylation sites (N-methyl/N-ethyl adjacent to an activating group) is 1. The van der Waals surface area contributed by atoms with E-state index in [1.54, 1.807) is 17.2 Å². The third-order valence-electron chi connectivity index (χ3n) is 3.06. The van der Waals surface area contributed by atoms with E-state index in [1.165, 1.54) is 0 Å². The summed E-state index contributed by atoms with van der Waals surface area (Å²) in [5.74, 6) is -0.411. The summed E-state index contributed by atoms with van der Waals surface area (Å²) >= 11 is 10.5. The van der Waals surface area contributed by atoms with Crippen molar-refractivity contribution in [1.82, 2.24) is 9.88 Å². The first-order valence-electron chi connectivity index (χ1n) is 6.00. The summed E-state index contributed by atoms with van der Waals surface area (Å²) in [6, 6.07) is 7.36. The van der Waals surface area contributed by atoms with Gasteiger partial charge in [0.15, 0.2) is 0 Å². The van der Waals surface area contributed by atoms with Crippen molar-refractivity contribution in [3.05, 3.63) is 36.0 Å². The first-order valence-corrected chi connectivity index (χ1v) is 6.82. The van der Waals surface area contributed by atoms with Gasteiger partial charge in [0.1, 0.15) is 11.3 Å². The number of nitrogens with zero attached hydrogens (tertiary/aromatic N) is 2. The molecule has 0 bridgehead atoms. The highest BCUT2D eigenvalue weighted by Gasteiger charge is 2.25. The molecule has 0 radical (unpaired) electrons. The molecule has 0 fully saturated rings. The zero-order valence-corrected chi connectivity index (χ0v) is 12.8. The van der Waals surface area contributed by atoms with Gasteiger partial charge in [-0.25, -0.2) is 0 Å². The number of hydrogen-bond donors (Lipinski definition) is 2. The number of phenolic OH excluding ortho intramolecular Hbond substituents is 1. The first-order chi connectivity index (χ1) is 9.43. The minimum atomic E-state index is -0.485. The number of thiocarbonyl (C=S) groups is 2. The smallest absolute Gasteiger partial charge is 0.146 e. The maximum atomic E-state index is 10.4. The molecule has 2 aromatic rings. The summed E-state index contributed by atoms with van der Waals surface area (Å²) in [6.45, 7) is 0. The molecule has 1 aromatic heterocycles. The van der Waals surface area contributed by atoms with Crippen LogP contribution in [0.4, 0.5) is 0 Å². The van der Waals surface area contributed by atoms with Crippen LogP contribution in [0.15, 0.2) is 30.5 Å². The first kappa shape index (κ1) is 14.6.